The van der Waals surface area contributed by atoms with E-state index >= 15 is 0 Å². The molecule has 25 heavy (non-hydrogen) atoms. The molecule has 3 rings (SSSR count). The van der Waals surface area contributed by atoms with Crippen molar-refractivity contribution in [1.29, 1.82) is 0 Å². The summed E-state index contributed by atoms with van der Waals surface area (Å²) >= 11 is 1.39. The quantitative estimate of drug-likeness (QED) is 0.832. The Kier molecular flexibility index (Phi) is 6.06. The van der Waals surface area contributed by atoms with Gasteiger partial charge in [-0.05, 0) is 42.8 Å². The maximum Gasteiger partial charge on any atom is 0.261 e. The van der Waals surface area contributed by atoms with Gasteiger partial charge in [0, 0.05) is 26.1 Å². The number of benzene rings is 1. The topological polar surface area (TPSA) is 61.4 Å². The zero-order chi connectivity index (χ0) is 17.5. The summed E-state index contributed by atoms with van der Waals surface area (Å²) in [5.74, 6) is -0.215. The third-order valence-corrected chi connectivity index (χ3v) is 5.13. The summed E-state index contributed by atoms with van der Waals surface area (Å²) in [5, 5.41) is 7.63. The van der Waals surface area contributed by atoms with Crippen LogP contribution in [-0.4, -0.2) is 31.4 Å². The van der Waals surface area contributed by atoms with Gasteiger partial charge in [0.15, 0.2) is 0 Å². The summed E-state index contributed by atoms with van der Waals surface area (Å²) in [4.78, 5) is 27.1. The molecule has 5 nitrogen and oxygen atoms in total. The minimum atomic E-state index is -0.128. The first-order valence-electron chi connectivity index (χ1n) is 8.69. The largest absolute Gasteiger partial charge is 0.370 e. The molecule has 0 atom stereocenters. The van der Waals surface area contributed by atoms with Crippen molar-refractivity contribution in [1.82, 2.24) is 5.32 Å². The number of nitrogens with zero attached hydrogens (tertiary/aromatic N) is 1. The lowest BCUT2D eigenvalue weighted by molar-refractivity contribution is -0.116. The Morgan fingerprint density at radius 2 is 1.84 bits per heavy atom. The van der Waals surface area contributed by atoms with Gasteiger partial charge in [-0.25, -0.2) is 0 Å². The number of anilines is 2. The molecule has 0 saturated carbocycles. The summed E-state index contributed by atoms with van der Waals surface area (Å²) in [7, 11) is 0. The van der Waals surface area contributed by atoms with Gasteiger partial charge in [-0.15, -0.1) is 11.3 Å². The van der Waals surface area contributed by atoms with Crippen molar-refractivity contribution < 1.29 is 9.59 Å². The normalized spacial score (nSPS) is 14.2. The fourth-order valence-electron chi connectivity index (χ4n) is 2.99. The lowest BCUT2D eigenvalue weighted by atomic mass is 10.1. The molecule has 2 aromatic rings. The number of piperidine rings is 1. The van der Waals surface area contributed by atoms with Crippen LogP contribution in [0.4, 0.5) is 11.4 Å². The first-order valence-corrected chi connectivity index (χ1v) is 9.57. The molecule has 1 saturated heterocycles. The standard InChI is InChI=1S/C19H23N3O2S/c23-18(10-11-20-19(24)17-9-6-14-25-17)21-15-7-2-3-8-16(15)22-12-4-1-5-13-22/h2-3,6-9,14H,1,4-5,10-13H2,(H,20,24)(H,21,23). The summed E-state index contributed by atoms with van der Waals surface area (Å²) < 4.78 is 0. The molecular formula is C19H23N3O2S. The van der Waals surface area contributed by atoms with Crippen LogP contribution in [0.2, 0.25) is 0 Å². The van der Waals surface area contributed by atoms with Crippen LogP contribution in [0.3, 0.4) is 0 Å². The SMILES string of the molecule is O=C(CCNC(=O)c1cccs1)Nc1ccccc1N1CCCCC1. The smallest absolute Gasteiger partial charge is 0.261 e. The van der Waals surface area contributed by atoms with Gasteiger partial charge in [0.1, 0.15) is 0 Å². The molecule has 132 valence electrons. The van der Waals surface area contributed by atoms with Crippen LogP contribution < -0.4 is 15.5 Å². The van der Waals surface area contributed by atoms with Crippen molar-refractivity contribution in [2.45, 2.75) is 25.7 Å². The van der Waals surface area contributed by atoms with Crippen LogP contribution in [0, 0.1) is 0 Å². The predicted octanol–water partition coefficient (Wildman–Crippen LogP) is 3.50. The number of carbonyl (C=O) groups is 2. The zero-order valence-electron chi connectivity index (χ0n) is 14.2. The number of amides is 2. The Hall–Kier alpha value is -2.34. The third-order valence-electron chi connectivity index (χ3n) is 4.26. The molecule has 1 aliphatic rings. The lowest BCUT2D eigenvalue weighted by Gasteiger charge is -2.30. The predicted molar refractivity (Wildman–Crippen MR) is 102 cm³/mol. The number of rotatable bonds is 6. The molecule has 0 aliphatic carbocycles. The van der Waals surface area contributed by atoms with Crippen LogP contribution in [0.15, 0.2) is 41.8 Å². The maximum absolute atomic E-state index is 12.2. The van der Waals surface area contributed by atoms with Crippen LogP contribution in [-0.2, 0) is 4.79 Å². The van der Waals surface area contributed by atoms with Gasteiger partial charge in [-0.2, -0.15) is 0 Å². The Morgan fingerprint density at radius 3 is 2.60 bits per heavy atom. The molecule has 0 bridgehead atoms. The van der Waals surface area contributed by atoms with Crippen molar-refractivity contribution in [3.63, 3.8) is 0 Å². The van der Waals surface area contributed by atoms with E-state index in [0.29, 0.717) is 11.4 Å². The second-order valence-electron chi connectivity index (χ2n) is 6.10. The van der Waals surface area contributed by atoms with Crippen molar-refractivity contribution in [3.05, 3.63) is 46.7 Å². The molecule has 0 radical (unpaired) electrons. The first kappa shape index (κ1) is 17.5. The number of carbonyl (C=O) groups excluding carboxylic acids is 2. The molecule has 1 aromatic carbocycles. The number of hydrogen-bond acceptors (Lipinski definition) is 4. The molecule has 2 N–H and O–H groups in total. The van der Waals surface area contributed by atoms with Crippen molar-refractivity contribution in [3.8, 4) is 0 Å². The van der Waals surface area contributed by atoms with Crippen LogP contribution >= 0.6 is 11.3 Å². The molecule has 2 heterocycles. The zero-order valence-corrected chi connectivity index (χ0v) is 15.0. The Morgan fingerprint density at radius 1 is 1.04 bits per heavy atom. The molecule has 1 aromatic heterocycles. The highest BCUT2D eigenvalue weighted by Gasteiger charge is 2.15. The van der Waals surface area contributed by atoms with E-state index in [0.717, 1.165) is 24.5 Å². The van der Waals surface area contributed by atoms with Crippen LogP contribution in [0.1, 0.15) is 35.4 Å². The van der Waals surface area contributed by atoms with Gasteiger partial charge >= 0.3 is 0 Å². The first-order chi connectivity index (χ1) is 12.2. The van der Waals surface area contributed by atoms with Gasteiger partial charge in [0.05, 0.1) is 16.3 Å². The second-order valence-corrected chi connectivity index (χ2v) is 7.04. The second kappa shape index (κ2) is 8.67. The Bertz CT molecular complexity index is 709. The fourth-order valence-corrected chi connectivity index (χ4v) is 3.63. The molecule has 6 heteroatoms. The molecule has 1 aliphatic heterocycles. The van der Waals surface area contributed by atoms with Crippen molar-refractivity contribution in [2.75, 3.05) is 29.9 Å². The molecule has 0 unspecified atom stereocenters. The van der Waals surface area contributed by atoms with E-state index in [4.69, 9.17) is 0 Å². The number of para-hydroxylation sites is 2. The molecule has 1 fully saturated rings. The fraction of sp³-hybridized carbons (Fsp3) is 0.368. The summed E-state index contributed by atoms with van der Waals surface area (Å²) in [6.07, 6.45) is 3.91. The van der Waals surface area contributed by atoms with E-state index in [1.807, 2.05) is 29.6 Å². The monoisotopic (exact) mass is 357 g/mol. The van der Waals surface area contributed by atoms with E-state index < -0.39 is 0 Å². The average Bonchev–Trinajstić information content (AvgIpc) is 3.18. The minimum Gasteiger partial charge on any atom is -0.370 e. The summed E-state index contributed by atoms with van der Waals surface area (Å²) in [6, 6.07) is 11.5. The van der Waals surface area contributed by atoms with E-state index in [1.165, 1.54) is 30.6 Å². The van der Waals surface area contributed by atoms with E-state index in [-0.39, 0.29) is 18.2 Å². The van der Waals surface area contributed by atoms with Gasteiger partial charge in [-0.3, -0.25) is 9.59 Å². The van der Waals surface area contributed by atoms with Crippen LogP contribution in [0.25, 0.3) is 0 Å². The maximum atomic E-state index is 12.2. The number of hydrogen-bond donors (Lipinski definition) is 2. The average molecular weight is 357 g/mol. The Labute approximate surface area is 152 Å². The van der Waals surface area contributed by atoms with Gasteiger partial charge in [-0.1, -0.05) is 18.2 Å². The minimum absolute atomic E-state index is 0.0871. The Balaban J connectivity index is 1.52. The number of thiophene rings is 1. The van der Waals surface area contributed by atoms with Gasteiger partial charge in [0.2, 0.25) is 5.91 Å². The van der Waals surface area contributed by atoms with E-state index in [9.17, 15) is 9.59 Å². The third kappa shape index (κ3) is 4.82. The highest BCUT2D eigenvalue weighted by Crippen LogP contribution is 2.28. The lowest BCUT2D eigenvalue weighted by Crippen LogP contribution is -2.31. The summed E-state index contributed by atoms with van der Waals surface area (Å²) in [6.45, 7) is 2.39. The summed E-state index contributed by atoms with van der Waals surface area (Å²) in [5.41, 5.74) is 1.93. The van der Waals surface area contributed by atoms with Crippen LogP contribution in [0.5, 0.6) is 0 Å². The van der Waals surface area contributed by atoms with Gasteiger partial charge < -0.3 is 15.5 Å². The molecular weight excluding hydrogens is 334 g/mol. The molecule has 0 spiro atoms. The van der Waals surface area contributed by atoms with Gasteiger partial charge in [0.25, 0.3) is 5.91 Å². The van der Waals surface area contributed by atoms with E-state index in [2.05, 4.69) is 21.6 Å². The highest BCUT2D eigenvalue weighted by molar-refractivity contribution is 7.12. The van der Waals surface area contributed by atoms with Crippen molar-refractivity contribution in [2.24, 2.45) is 0 Å². The van der Waals surface area contributed by atoms with E-state index in [1.54, 1.807) is 6.07 Å². The van der Waals surface area contributed by atoms with Crippen molar-refractivity contribution >= 4 is 34.5 Å². The molecule has 2 amide bonds. The highest BCUT2D eigenvalue weighted by atomic mass is 32.1. The number of nitrogens with one attached hydrogen (secondary N) is 2.